The Morgan fingerprint density at radius 1 is 1.29 bits per heavy atom. The molecule has 1 aliphatic heterocycles. The van der Waals surface area contributed by atoms with E-state index in [0.29, 0.717) is 0 Å². The monoisotopic (exact) mass is 281 g/mol. The van der Waals surface area contributed by atoms with E-state index in [-0.39, 0.29) is 0 Å². The van der Waals surface area contributed by atoms with E-state index in [4.69, 9.17) is 4.98 Å². The van der Waals surface area contributed by atoms with Gasteiger partial charge in [-0.2, -0.15) is 0 Å². The molecule has 1 N–H and O–H groups in total. The van der Waals surface area contributed by atoms with E-state index in [1.54, 1.807) is 0 Å². The van der Waals surface area contributed by atoms with Crippen molar-refractivity contribution >= 4 is 0 Å². The largest absolute Gasteiger partial charge is 0.331 e. The van der Waals surface area contributed by atoms with Crippen LogP contribution in [0.15, 0.2) is 24.3 Å². The molecule has 0 spiro atoms. The Morgan fingerprint density at radius 2 is 2.14 bits per heavy atom. The Morgan fingerprint density at radius 3 is 2.95 bits per heavy atom. The first-order chi connectivity index (χ1) is 10.3. The van der Waals surface area contributed by atoms with Crippen LogP contribution in [0.5, 0.6) is 0 Å². The fourth-order valence-corrected chi connectivity index (χ4v) is 3.42. The van der Waals surface area contributed by atoms with Gasteiger partial charge in [0.1, 0.15) is 5.82 Å². The summed E-state index contributed by atoms with van der Waals surface area (Å²) in [6, 6.07) is 8.75. The van der Waals surface area contributed by atoms with E-state index < -0.39 is 0 Å². The van der Waals surface area contributed by atoms with Gasteiger partial charge in [0.15, 0.2) is 0 Å². The second-order valence-corrected chi connectivity index (χ2v) is 6.39. The van der Waals surface area contributed by atoms with Crippen molar-refractivity contribution in [2.24, 2.45) is 0 Å². The Kier molecular flexibility index (Phi) is 3.30. The molecule has 0 radical (unpaired) electrons. The summed E-state index contributed by atoms with van der Waals surface area (Å²) in [7, 11) is 0. The van der Waals surface area contributed by atoms with Gasteiger partial charge in [-0.05, 0) is 37.3 Å². The van der Waals surface area contributed by atoms with E-state index >= 15 is 0 Å². The molecule has 3 nitrogen and oxygen atoms in total. The Balaban J connectivity index is 1.62. The van der Waals surface area contributed by atoms with Crippen LogP contribution >= 0.6 is 0 Å². The van der Waals surface area contributed by atoms with Gasteiger partial charge in [0.25, 0.3) is 0 Å². The zero-order valence-corrected chi connectivity index (χ0v) is 12.7. The van der Waals surface area contributed by atoms with Gasteiger partial charge in [0.05, 0.1) is 5.69 Å². The second-order valence-electron chi connectivity index (χ2n) is 6.39. The highest BCUT2D eigenvalue weighted by atomic mass is 15.1. The number of imidazole rings is 1. The van der Waals surface area contributed by atoms with E-state index in [1.807, 2.05) is 0 Å². The molecule has 2 aromatic rings. The van der Waals surface area contributed by atoms with Crippen molar-refractivity contribution in [1.82, 2.24) is 14.9 Å². The number of nitrogens with one attached hydrogen (secondary N) is 1. The van der Waals surface area contributed by atoms with Crippen molar-refractivity contribution < 1.29 is 0 Å². The molecule has 4 rings (SSSR count). The van der Waals surface area contributed by atoms with Crippen LogP contribution < -0.4 is 5.32 Å². The van der Waals surface area contributed by atoms with Gasteiger partial charge < -0.3 is 9.88 Å². The summed E-state index contributed by atoms with van der Waals surface area (Å²) in [6.07, 6.45) is 4.90. The SMILES string of the molecule is Cc1ccccc1CCn1c(C2CC2)nc2c1CCNC2. The lowest BCUT2D eigenvalue weighted by molar-refractivity contribution is 0.576. The van der Waals surface area contributed by atoms with Crippen molar-refractivity contribution in [1.29, 1.82) is 0 Å². The van der Waals surface area contributed by atoms with E-state index in [2.05, 4.69) is 41.1 Å². The lowest BCUT2D eigenvalue weighted by Crippen LogP contribution is -2.25. The zero-order valence-electron chi connectivity index (χ0n) is 12.7. The fraction of sp³-hybridized carbons (Fsp3) is 0.500. The highest BCUT2D eigenvalue weighted by molar-refractivity contribution is 5.27. The van der Waals surface area contributed by atoms with Crippen LogP contribution in [0.1, 0.15) is 47.1 Å². The lowest BCUT2D eigenvalue weighted by atomic mass is 10.1. The van der Waals surface area contributed by atoms with Gasteiger partial charge in [-0.15, -0.1) is 0 Å². The van der Waals surface area contributed by atoms with Crippen molar-refractivity contribution in [3.63, 3.8) is 0 Å². The summed E-state index contributed by atoms with van der Waals surface area (Å²) in [5.41, 5.74) is 5.66. The average Bonchev–Trinajstić information content (AvgIpc) is 3.28. The molecule has 2 aliphatic rings. The second kappa shape index (κ2) is 5.30. The summed E-state index contributed by atoms with van der Waals surface area (Å²) in [6.45, 7) is 5.34. The number of aryl methyl sites for hydroxylation is 2. The molecule has 0 bridgehead atoms. The van der Waals surface area contributed by atoms with E-state index in [0.717, 1.165) is 38.4 Å². The predicted octanol–water partition coefficient (Wildman–Crippen LogP) is 2.96. The van der Waals surface area contributed by atoms with E-state index in [1.165, 1.54) is 41.2 Å². The molecular formula is C18H23N3. The first-order valence-electron chi connectivity index (χ1n) is 8.16. The molecule has 1 aliphatic carbocycles. The maximum atomic E-state index is 4.95. The number of rotatable bonds is 4. The minimum atomic E-state index is 0.729. The molecule has 1 aromatic heterocycles. The quantitative estimate of drug-likeness (QED) is 0.934. The van der Waals surface area contributed by atoms with Gasteiger partial charge in [0.2, 0.25) is 0 Å². The molecule has 0 atom stereocenters. The molecule has 1 fully saturated rings. The van der Waals surface area contributed by atoms with Gasteiger partial charge >= 0.3 is 0 Å². The molecule has 0 unspecified atom stereocenters. The van der Waals surface area contributed by atoms with Crippen LogP contribution in [-0.4, -0.2) is 16.1 Å². The van der Waals surface area contributed by atoms with Crippen LogP contribution in [0.3, 0.4) is 0 Å². The molecule has 1 saturated carbocycles. The maximum absolute atomic E-state index is 4.95. The maximum Gasteiger partial charge on any atom is 0.112 e. The van der Waals surface area contributed by atoms with Gasteiger partial charge in [0, 0.05) is 37.7 Å². The van der Waals surface area contributed by atoms with Gasteiger partial charge in [-0.25, -0.2) is 4.98 Å². The first kappa shape index (κ1) is 13.1. The van der Waals surface area contributed by atoms with Crippen molar-refractivity contribution in [3.8, 4) is 0 Å². The van der Waals surface area contributed by atoms with Crippen LogP contribution in [0.25, 0.3) is 0 Å². The molecule has 2 heterocycles. The zero-order chi connectivity index (χ0) is 14.2. The number of benzene rings is 1. The van der Waals surface area contributed by atoms with Gasteiger partial charge in [-0.1, -0.05) is 24.3 Å². The minimum absolute atomic E-state index is 0.729. The predicted molar refractivity (Wildman–Crippen MR) is 84.5 cm³/mol. The third kappa shape index (κ3) is 2.51. The lowest BCUT2D eigenvalue weighted by Gasteiger charge is -2.16. The molecule has 21 heavy (non-hydrogen) atoms. The van der Waals surface area contributed by atoms with Crippen LogP contribution in [0, 0.1) is 6.92 Å². The molecule has 3 heteroatoms. The number of aromatic nitrogens is 2. The summed E-state index contributed by atoms with van der Waals surface area (Å²) in [5.74, 6) is 2.09. The van der Waals surface area contributed by atoms with Crippen molar-refractivity contribution in [2.75, 3.05) is 6.54 Å². The highest BCUT2D eigenvalue weighted by Crippen LogP contribution is 2.40. The normalized spacial score (nSPS) is 17.8. The summed E-state index contributed by atoms with van der Waals surface area (Å²) in [4.78, 5) is 4.95. The van der Waals surface area contributed by atoms with Crippen LogP contribution in [-0.2, 0) is 25.9 Å². The Labute approximate surface area is 126 Å². The average molecular weight is 281 g/mol. The van der Waals surface area contributed by atoms with Crippen LogP contribution in [0.2, 0.25) is 0 Å². The van der Waals surface area contributed by atoms with Crippen LogP contribution in [0.4, 0.5) is 0 Å². The summed E-state index contributed by atoms with van der Waals surface area (Å²) in [5, 5.41) is 3.45. The number of fused-ring (bicyclic) bond motifs is 1. The summed E-state index contributed by atoms with van der Waals surface area (Å²) >= 11 is 0. The smallest absolute Gasteiger partial charge is 0.112 e. The number of hydrogen-bond acceptors (Lipinski definition) is 2. The topological polar surface area (TPSA) is 29.9 Å². The molecule has 110 valence electrons. The standard InChI is InChI=1S/C18H23N3/c1-13-4-2-3-5-14(13)9-11-21-17-8-10-19-12-16(17)20-18(21)15-6-7-15/h2-5,15,19H,6-12H2,1H3. The van der Waals surface area contributed by atoms with Crippen molar-refractivity contribution in [2.45, 2.75) is 51.6 Å². The van der Waals surface area contributed by atoms with Crippen molar-refractivity contribution in [3.05, 3.63) is 52.6 Å². The molecule has 0 saturated heterocycles. The molecule has 0 amide bonds. The molecular weight excluding hydrogens is 258 g/mol. The van der Waals surface area contributed by atoms with Gasteiger partial charge in [-0.3, -0.25) is 0 Å². The fourth-order valence-electron chi connectivity index (χ4n) is 3.42. The minimum Gasteiger partial charge on any atom is -0.331 e. The number of hydrogen-bond donors (Lipinski definition) is 1. The first-order valence-corrected chi connectivity index (χ1v) is 8.16. The van der Waals surface area contributed by atoms with E-state index in [9.17, 15) is 0 Å². The Bertz CT molecular complexity index is 652. The Hall–Kier alpha value is -1.61. The third-order valence-electron chi connectivity index (χ3n) is 4.82. The number of nitrogens with zero attached hydrogens (tertiary/aromatic N) is 2. The highest BCUT2D eigenvalue weighted by Gasteiger charge is 2.31. The third-order valence-corrected chi connectivity index (χ3v) is 4.82. The summed E-state index contributed by atoms with van der Waals surface area (Å²) < 4.78 is 2.54. The molecule has 1 aromatic carbocycles.